The molecule has 2 nitrogen and oxygen atoms in total. The van der Waals surface area contributed by atoms with Gasteiger partial charge in [-0.05, 0) is 53.5 Å². The molecular weight excluding hydrogens is 325 g/mol. The van der Waals surface area contributed by atoms with Gasteiger partial charge in [0.05, 0.1) is 4.47 Å². The third-order valence-corrected chi connectivity index (χ3v) is 3.84. The Balaban J connectivity index is 0.00000162. The van der Waals surface area contributed by atoms with Crippen molar-refractivity contribution in [2.45, 2.75) is 13.0 Å². The lowest BCUT2D eigenvalue weighted by Crippen LogP contribution is -2.23. The number of likely N-dealkylation sites (tertiary alicyclic amines) is 1. The number of hydrogen-bond acceptors (Lipinski definition) is 2. The Morgan fingerprint density at radius 2 is 2.11 bits per heavy atom. The summed E-state index contributed by atoms with van der Waals surface area (Å²) in [5.74, 6) is -0.531. The van der Waals surface area contributed by atoms with Crippen molar-refractivity contribution in [1.82, 2.24) is 4.90 Å². The molecule has 0 spiro atoms. The van der Waals surface area contributed by atoms with Crippen molar-refractivity contribution in [2.24, 2.45) is 11.7 Å². The predicted molar refractivity (Wildman–Crippen MR) is 73.7 cm³/mol. The van der Waals surface area contributed by atoms with Gasteiger partial charge < -0.3 is 5.73 Å². The Bertz CT molecular complexity index is 417. The monoisotopic (exact) mass is 340 g/mol. The molecule has 0 aliphatic carbocycles. The Hall–Kier alpha value is -0.230. The number of benzene rings is 1. The van der Waals surface area contributed by atoms with E-state index in [1.807, 2.05) is 4.90 Å². The first-order valence-corrected chi connectivity index (χ1v) is 6.46. The normalized spacial score (nSPS) is 19.9. The molecule has 6 heteroatoms. The maximum Gasteiger partial charge on any atom is 0.144 e. The molecule has 1 unspecified atom stereocenters. The lowest BCUT2D eigenvalue weighted by atomic mass is 10.1. The highest BCUT2D eigenvalue weighted by Crippen LogP contribution is 2.25. The van der Waals surface area contributed by atoms with Crippen molar-refractivity contribution in [1.29, 1.82) is 0 Å². The highest BCUT2D eigenvalue weighted by Gasteiger charge is 2.23. The van der Waals surface area contributed by atoms with Crippen molar-refractivity contribution in [3.63, 3.8) is 0 Å². The molecule has 0 aromatic heterocycles. The molecule has 0 bridgehead atoms. The molecular formula is C12H16BrClF2N2. The van der Waals surface area contributed by atoms with E-state index in [0.29, 0.717) is 23.5 Å². The van der Waals surface area contributed by atoms with Gasteiger partial charge in [0.25, 0.3) is 0 Å². The summed E-state index contributed by atoms with van der Waals surface area (Å²) < 4.78 is 27.6. The second-order valence-electron chi connectivity index (χ2n) is 4.45. The van der Waals surface area contributed by atoms with Crippen LogP contribution < -0.4 is 5.73 Å². The SMILES string of the molecule is Cl.NCC1CCN(Cc2c(F)ccc(Br)c2F)C1. The van der Waals surface area contributed by atoms with Crippen LogP contribution in [0.3, 0.4) is 0 Å². The molecule has 1 heterocycles. The van der Waals surface area contributed by atoms with E-state index < -0.39 is 11.6 Å². The number of nitrogens with zero attached hydrogens (tertiary/aromatic N) is 1. The smallest absolute Gasteiger partial charge is 0.144 e. The zero-order valence-electron chi connectivity index (χ0n) is 9.83. The van der Waals surface area contributed by atoms with Crippen molar-refractivity contribution in [3.8, 4) is 0 Å². The molecule has 2 rings (SSSR count). The van der Waals surface area contributed by atoms with E-state index in [0.717, 1.165) is 19.5 Å². The fourth-order valence-corrected chi connectivity index (χ4v) is 2.56. The highest BCUT2D eigenvalue weighted by atomic mass is 79.9. The third kappa shape index (κ3) is 3.41. The summed E-state index contributed by atoms with van der Waals surface area (Å²) in [7, 11) is 0. The molecule has 0 amide bonds. The van der Waals surface area contributed by atoms with Gasteiger partial charge in [-0.1, -0.05) is 0 Å². The highest BCUT2D eigenvalue weighted by molar-refractivity contribution is 9.10. The van der Waals surface area contributed by atoms with E-state index in [-0.39, 0.29) is 18.0 Å². The van der Waals surface area contributed by atoms with Gasteiger partial charge in [-0.3, -0.25) is 4.90 Å². The number of nitrogens with two attached hydrogens (primary N) is 1. The van der Waals surface area contributed by atoms with Crippen molar-refractivity contribution < 1.29 is 8.78 Å². The first kappa shape index (κ1) is 15.8. The second-order valence-corrected chi connectivity index (χ2v) is 5.30. The maximum atomic E-state index is 13.8. The van der Waals surface area contributed by atoms with Gasteiger partial charge in [0.1, 0.15) is 11.6 Å². The number of hydrogen-bond donors (Lipinski definition) is 1. The molecule has 2 N–H and O–H groups in total. The van der Waals surface area contributed by atoms with Gasteiger partial charge >= 0.3 is 0 Å². The van der Waals surface area contributed by atoms with Crippen LogP contribution in [0.4, 0.5) is 8.78 Å². The van der Waals surface area contributed by atoms with E-state index in [1.54, 1.807) is 0 Å². The van der Waals surface area contributed by atoms with Crippen LogP contribution in [-0.4, -0.2) is 24.5 Å². The molecule has 1 aromatic rings. The largest absolute Gasteiger partial charge is 0.330 e. The van der Waals surface area contributed by atoms with Crippen LogP contribution in [-0.2, 0) is 6.54 Å². The average molecular weight is 342 g/mol. The summed E-state index contributed by atoms with van der Waals surface area (Å²) in [6.45, 7) is 2.63. The van der Waals surface area contributed by atoms with E-state index >= 15 is 0 Å². The molecule has 1 atom stereocenters. The summed E-state index contributed by atoms with van der Waals surface area (Å²) in [5, 5.41) is 0. The summed E-state index contributed by atoms with van der Waals surface area (Å²) in [6, 6.07) is 2.68. The van der Waals surface area contributed by atoms with Crippen molar-refractivity contribution >= 4 is 28.3 Å². The Kier molecular flexibility index (Phi) is 5.98. The standard InChI is InChI=1S/C12H15BrF2N2.ClH/c13-10-1-2-11(14)9(12(10)15)7-17-4-3-8(5-16)6-17;/h1-2,8H,3-7,16H2;1H. The quantitative estimate of drug-likeness (QED) is 0.857. The molecule has 0 saturated carbocycles. The molecule has 1 aliphatic rings. The second kappa shape index (κ2) is 6.80. The summed E-state index contributed by atoms with van der Waals surface area (Å²) >= 11 is 3.07. The van der Waals surface area contributed by atoms with Gasteiger partial charge in [-0.15, -0.1) is 12.4 Å². The van der Waals surface area contributed by atoms with E-state index in [2.05, 4.69) is 15.9 Å². The van der Waals surface area contributed by atoms with Gasteiger partial charge in [0, 0.05) is 18.7 Å². The third-order valence-electron chi connectivity index (χ3n) is 3.22. The zero-order chi connectivity index (χ0) is 12.4. The van der Waals surface area contributed by atoms with Gasteiger partial charge in [0.2, 0.25) is 0 Å². The molecule has 1 aliphatic heterocycles. The molecule has 1 aromatic carbocycles. The number of halogens is 4. The molecule has 0 radical (unpaired) electrons. The van der Waals surface area contributed by atoms with Crippen LogP contribution >= 0.6 is 28.3 Å². The number of rotatable bonds is 3. The topological polar surface area (TPSA) is 29.3 Å². The maximum absolute atomic E-state index is 13.8. The van der Waals surface area contributed by atoms with Crippen LogP contribution in [0.5, 0.6) is 0 Å². The fraction of sp³-hybridized carbons (Fsp3) is 0.500. The Morgan fingerprint density at radius 1 is 1.39 bits per heavy atom. The van der Waals surface area contributed by atoms with Gasteiger partial charge in [-0.2, -0.15) is 0 Å². The average Bonchev–Trinajstić information content (AvgIpc) is 2.77. The minimum atomic E-state index is -0.499. The predicted octanol–water partition coefficient (Wildman–Crippen LogP) is 2.93. The van der Waals surface area contributed by atoms with E-state index in [4.69, 9.17) is 5.73 Å². The summed E-state index contributed by atoms with van der Waals surface area (Å²) in [4.78, 5) is 2.05. The summed E-state index contributed by atoms with van der Waals surface area (Å²) in [6.07, 6.45) is 1.01. The first-order valence-electron chi connectivity index (χ1n) is 5.66. The van der Waals surface area contributed by atoms with E-state index in [1.165, 1.54) is 12.1 Å². The zero-order valence-corrected chi connectivity index (χ0v) is 12.2. The van der Waals surface area contributed by atoms with Crippen LogP contribution in [0.1, 0.15) is 12.0 Å². The van der Waals surface area contributed by atoms with Gasteiger partial charge in [-0.25, -0.2) is 8.78 Å². The first-order chi connectivity index (χ1) is 8.11. The van der Waals surface area contributed by atoms with Crippen molar-refractivity contribution in [2.75, 3.05) is 19.6 Å². The van der Waals surface area contributed by atoms with Crippen molar-refractivity contribution in [3.05, 3.63) is 33.8 Å². The minimum absolute atomic E-state index is 0. The van der Waals surface area contributed by atoms with Crippen LogP contribution in [0.2, 0.25) is 0 Å². The lowest BCUT2D eigenvalue weighted by molar-refractivity contribution is 0.306. The molecule has 102 valence electrons. The fourth-order valence-electron chi connectivity index (χ4n) is 2.19. The van der Waals surface area contributed by atoms with Crippen LogP contribution in [0.25, 0.3) is 0 Å². The van der Waals surface area contributed by atoms with Crippen LogP contribution in [0, 0.1) is 17.6 Å². The van der Waals surface area contributed by atoms with E-state index in [9.17, 15) is 8.78 Å². The molecule has 1 fully saturated rings. The molecule has 1 saturated heterocycles. The summed E-state index contributed by atoms with van der Waals surface area (Å²) in [5.41, 5.74) is 5.73. The Morgan fingerprint density at radius 3 is 2.72 bits per heavy atom. The van der Waals surface area contributed by atoms with Gasteiger partial charge in [0.15, 0.2) is 0 Å². The van der Waals surface area contributed by atoms with Crippen LogP contribution in [0.15, 0.2) is 16.6 Å². The Labute approximate surface area is 120 Å². The minimum Gasteiger partial charge on any atom is -0.330 e. The lowest BCUT2D eigenvalue weighted by Gasteiger charge is -2.17. The molecule has 18 heavy (non-hydrogen) atoms.